The number of fused-ring (bicyclic) bond motifs is 1. The van der Waals surface area contributed by atoms with Crippen LogP contribution in [-0.2, 0) is 11.8 Å². The van der Waals surface area contributed by atoms with Crippen molar-refractivity contribution in [1.82, 2.24) is 15.0 Å². The summed E-state index contributed by atoms with van der Waals surface area (Å²) >= 11 is 0. The second-order valence-electron chi connectivity index (χ2n) is 9.57. The van der Waals surface area contributed by atoms with Crippen LogP contribution in [0.3, 0.4) is 0 Å². The Kier molecular flexibility index (Phi) is 7.24. The summed E-state index contributed by atoms with van der Waals surface area (Å²) in [4.78, 5) is 1.71. The summed E-state index contributed by atoms with van der Waals surface area (Å²) in [6, 6.07) is 26.7. The molecule has 0 aliphatic heterocycles. The Balaban J connectivity index is 1.63. The highest BCUT2D eigenvalue weighted by Crippen LogP contribution is 2.38. The molecule has 0 fully saturated rings. The maximum Gasteiger partial charge on any atom is 0.113 e. The van der Waals surface area contributed by atoms with Gasteiger partial charge in [0.1, 0.15) is 11.0 Å². The molecule has 0 aliphatic carbocycles. The van der Waals surface area contributed by atoms with Crippen LogP contribution in [0.2, 0.25) is 0 Å². The van der Waals surface area contributed by atoms with Crippen LogP contribution in [0.1, 0.15) is 57.6 Å². The van der Waals surface area contributed by atoms with Gasteiger partial charge in [0, 0.05) is 6.42 Å². The summed E-state index contributed by atoms with van der Waals surface area (Å²) in [5, 5.41) is 21.0. The summed E-state index contributed by atoms with van der Waals surface area (Å²) in [7, 11) is 0. The van der Waals surface area contributed by atoms with Crippen molar-refractivity contribution in [1.29, 1.82) is 0 Å². The predicted octanol–water partition coefficient (Wildman–Crippen LogP) is 6.50. The maximum absolute atomic E-state index is 11.6. The highest BCUT2D eigenvalue weighted by Gasteiger charge is 2.36. The highest BCUT2D eigenvalue weighted by molar-refractivity contribution is 5.73. The molecule has 4 rings (SSSR count). The Morgan fingerprint density at radius 1 is 0.818 bits per heavy atom. The van der Waals surface area contributed by atoms with Crippen molar-refractivity contribution in [3.8, 4) is 5.69 Å². The van der Waals surface area contributed by atoms with Gasteiger partial charge in [0.15, 0.2) is 0 Å². The molecule has 0 saturated carbocycles. The van der Waals surface area contributed by atoms with E-state index in [2.05, 4.69) is 67.4 Å². The third kappa shape index (κ3) is 5.17. The van der Waals surface area contributed by atoms with Gasteiger partial charge in [-0.1, -0.05) is 101 Å². The second-order valence-corrected chi connectivity index (χ2v) is 9.57. The average Bonchev–Trinajstić information content (AvgIpc) is 3.26. The molecule has 3 aromatic carbocycles. The Labute approximate surface area is 197 Å². The minimum atomic E-state index is -0.469. The van der Waals surface area contributed by atoms with E-state index >= 15 is 0 Å². The zero-order valence-electron chi connectivity index (χ0n) is 20.0. The number of hydrogen-bond acceptors (Lipinski definition) is 3. The van der Waals surface area contributed by atoms with Gasteiger partial charge in [0.2, 0.25) is 0 Å². The number of rotatable bonds is 10. The molecule has 1 heterocycles. The highest BCUT2D eigenvalue weighted by atomic mass is 16.3. The summed E-state index contributed by atoms with van der Waals surface area (Å²) in [5.74, 6) is 0.143. The molecule has 0 saturated heterocycles. The molecule has 2 atom stereocenters. The standard InChI is InChI=1S/C29H35N3O/c1-4-5-7-17-24(29(2,3)23-15-8-6-9-16-23)28(33)21-22-14-10-13-20-27(22)32-30-25-18-11-12-19-26(25)31-32/h6,8-16,18-20,24,28,33H,4-5,7,17,21H2,1-3H3. The van der Waals surface area contributed by atoms with Crippen molar-refractivity contribution >= 4 is 11.0 Å². The maximum atomic E-state index is 11.6. The lowest BCUT2D eigenvalue weighted by molar-refractivity contribution is 0.0596. The minimum Gasteiger partial charge on any atom is -0.392 e. The third-order valence-electron chi connectivity index (χ3n) is 6.95. The molecule has 4 nitrogen and oxygen atoms in total. The number of aliphatic hydroxyl groups is 1. The number of aliphatic hydroxyl groups excluding tert-OH is 1. The summed E-state index contributed by atoms with van der Waals surface area (Å²) in [6.07, 6.45) is 4.60. The predicted molar refractivity (Wildman–Crippen MR) is 136 cm³/mol. The van der Waals surface area contributed by atoms with E-state index in [-0.39, 0.29) is 11.3 Å². The number of hydrogen-bond donors (Lipinski definition) is 1. The van der Waals surface area contributed by atoms with Gasteiger partial charge in [-0.25, -0.2) is 0 Å². The molecule has 0 aliphatic rings. The molecule has 4 aromatic rings. The molecule has 1 N–H and O–H groups in total. The van der Waals surface area contributed by atoms with E-state index in [4.69, 9.17) is 0 Å². The molecule has 0 spiro atoms. The van der Waals surface area contributed by atoms with Crippen LogP contribution in [0.25, 0.3) is 16.7 Å². The van der Waals surface area contributed by atoms with Crippen molar-refractivity contribution in [2.24, 2.45) is 5.92 Å². The van der Waals surface area contributed by atoms with Gasteiger partial charge in [-0.05, 0) is 47.1 Å². The van der Waals surface area contributed by atoms with Crippen molar-refractivity contribution < 1.29 is 5.11 Å². The van der Waals surface area contributed by atoms with E-state index in [0.29, 0.717) is 6.42 Å². The largest absolute Gasteiger partial charge is 0.392 e. The van der Waals surface area contributed by atoms with E-state index in [9.17, 15) is 5.11 Å². The zero-order valence-corrected chi connectivity index (χ0v) is 20.0. The fourth-order valence-corrected chi connectivity index (χ4v) is 4.94. The van der Waals surface area contributed by atoms with Crippen molar-refractivity contribution in [3.05, 3.63) is 90.0 Å². The Morgan fingerprint density at radius 2 is 1.42 bits per heavy atom. The number of benzene rings is 3. The van der Waals surface area contributed by atoms with E-state index in [1.54, 1.807) is 4.80 Å². The Morgan fingerprint density at radius 3 is 2.09 bits per heavy atom. The number of para-hydroxylation sites is 1. The van der Waals surface area contributed by atoms with Gasteiger partial charge in [0.05, 0.1) is 11.8 Å². The van der Waals surface area contributed by atoms with Crippen LogP contribution in [0, 0.1) is 5.92 Å². The molecule has 1 aromatic heterocycles. The van der Waals surface area contributed by atoms with Gasteiger partial charge >= 0.3 is 0 Å². The Bertz CT molecular complexity index is 1130. The van der Waals surface area contributed by atoms with E-state index < -0.39 is 6.10 Å². The molecule has 0 bridgehead atoms. The van der Waals surface area contributed by atoms with Crippen molar-refractivity contribution in [2.45, 2.75) is 64.4 Å². The first kappa shape index (κ1) is 23.2. The Hall–Kier alpha value is -2.98. The lowest BCUT2D eigenvalue weighted by Gasteiger charge is -2.38. The summed E-state index contributed by atoms with van der Waals surface area (Å²) in [5.41, 5.74) is 4.87. The molecule has 172 valence electrons. The van der Waals surface area contributed by atoms with E-state index in [1.807, 2.05) is 42.5 Å². The minimum absolute atomic E-state index is 0.137. The molecule has 33 heavy (non-hydrogen) atoms. The van der Waals surface area contributed by atoms with Gasteiger partial charge in [-0.3, -0.25) is 0 Å². The van der Waals surface area contributed by atoms with Crippen LogP contribution in [0.4, 0.5) is 0 Å². The number of nitrogens with zero attached hydrogens (tertiary/aromatic N) is 3. The normalized spacial score (nSPS) is 13.8. The fraction of sp³-hybridized carbons (Fsp3) is 0.379. The second kappa shape index (κ2) is 10.3. The van der Waals surface area contributed by atoms with Crippen LogP contribution in [-0.4, -0.2) is 26.2 Å². The first-order valence-electron chi connectivity index (χ1n) is 12.1. The van der Waals surface area contributed by atoms with E-state index in [1.165, 1.54) is 18.4 Å². The quantitative estimate of drug-likeness (QED) is 0.286. The lowest BCUT2D eigenvalue weighted by atomic mass is 9.68. The topological polar surface area (TPSA) is 50.9 Å². The lowest BCUT2D eigenvalue weighted by Crippen LogP contribution is -2.39. The monoisotopic (exact) mass is 441 g/mol. The van der Waals surface area contributed by atoms with Crippen LogP contribution in [0.5, 0.6) is 0 Å². The third-order valence-corrected chi connectivity index (χ3v) is 6.95. The zero-order chi connectivity index (χ0) is 23.3. The number of aromatic nitrogens is 3. The average molecular weight is 442 g/mol. The van der Waals surface area contributed by atoms with Crippen LogP contribution >= 0.6 is 0 Å². The van der Waals surface area contributed by atoms with Crippen LogP contribution in [0.15, 0.2) is 78.9 Å². The van der Waals surface area contributed by atoms with Crippen molar-refractivity contribution in [3.63, 3.8) is 0 Å². The van der Waals surface area contributed by atoms with Gasteiger partial charge in [0.25, 0.3) is 0 Å². The first-order valence-corrected chi connectivity index (χ1v) is 12.1. The summed E-state index contributed by atoms with van der Waals surface area (Å²) < 4.78 is 0. The smallest absolute Gasteiger partial charge is 0.113 e. The molecule has 0 amide bonds. The van der Waals surface area contributed by atoms with Gasteiger partial charge < -0.3 is 5.11 Å². The molecular formula is C29H35N3O. The van der Waals surface area contributed by atoms with Crippen LogP contribution < -0.4 is 0 Å². The van der Waals surface area contributed by atoms with E-state index in [0.717, 1.165) is 35.1 Å². The summed E-state index contributed by atoms with van der Waals surface area (Å²) in [6.45, 7) is 6.77. The number of unbranched alkanes of at least 4 members (excludes halogenated alkanes) is 2. The SMILES string of the molecule is CCCCCC(C(O)Cc1ccccc1-n1nc2ccccc2n1)C(C)(C)c1ccccc1. The first-order chi connectivity index (χ1) is 16.0. The molecular weight excluding hydrogens is 406 g/mol. The fourth-order valence-electron chi connectivity index (χ4n) is 4.94. The van der Waals surface area contributed by atoms with Gasteiger partial charge in [-0.2, -0.15) is 4.80 Å². The van der Waals surface area contributed by atoms with Crippen molar-refractivity contribution in [2.75, 3.05) is 0 Å². The molecule has 0 radical (unpaired) electrons. The molecule has 4 heteroatoms. The molecule has 2 unspecified atom stereocenters. The van der Waals surface area contributed by atoms with Gasteiger partial charge in [-0.15, -0.1) is 10.2 Å².